The fraction of sp³-hybridized carbons (Fsp3) is 0.786. The molecule has 2 nitrogen and oxygen atoms in total. The van der Waals surface area contributed by atoms with Crippen LogP contribution in [-0.4, -0.2) is 12.1 Å². The van der Waals surface area contributed by atoms with Gasteiger partial charge in [0.25, 0.3) is 0 Å². The molecule has 3 aliphatic rings. The van der Waals surface area contributed by atoms with Crippen LogP contribution in [0.3, 0.4) is 0 Å². The summed E-state index contributed by atoms with van der Waals surface area (Å²) in [7, 11) is 0. The topological polar surface area (TPSA) is 26.3 Å². The van der Waals surface area contributed by atoms with E-state index in [9.17, 15) is 4.79 Å². The number of esters is 1. The SMILES string of the molecule is CCC(=O)OC1C=C(CC)C2CC1C2(C)C. The number of carbonyl (C=O) groups excluding carboxylic acids is 1. The van der Waals surface area contributed by atoms with E-state index >= 15 is 0 Å². The van der Waals surface area contributed by atoms with Gasteiger partial charge in [0, 0.05) is 12.3 Å². The van der Waals surface area contributed by atoms with E-state index in [0.29, 0.717) is 17.8 Å². The first-order chi connectivity index (χ1) is 7.50. The summed E-state index contributed by atoms with van der Waals surface area (Å²) in [5, 5.41) is 0. The van der Waals surface area contributed by atoms with E-state index in [1.54, 1.807) is 0 Å². The van der Waals surface area contributed by atoms with Crippen LogP contribution in [0.25, 0.3) is 0 Å². The van der Waals surface area contributed by atoms with Crippen molar-refractivity contribution in [3.8, 4) is 0 Å². The summed E-state index contributed by atoms with van der Waals surface area (Å²) < 4.78 is 5.54. The number of ether oxygens (including phenoxy) is 1. The van der Waals surface area contributed by atoms with Crippen LogP contribution >= 0.6 is 0 Å². The lowest BCUT2D eigenvalue weighted by Crippen LogP contribution is -2.55. The monoisotopic (exact) mass is 222 g/mol. The molecule has 0 N–H and O–H groups in total. The Morgan fingerprint density at radius 1 is 1.50 bits per heavy atom. The van der Waals surface area contributed by atoms with Crippen LogP contribution in [0.1, 0.15) is 47.0 Å². The van der Waals surface area contributed by atoms with Crippen LogP contribution in [-0.2, 0) is 9.53 Å². The Morgan fingerprint density at radius 3 is 2.69 bits per heavy atom. The van der Waals surface area contributed by atoms with E-state index in [1.807, 2.05) is 6.92 Å². The van der Waals surface area contributed by atoms with Crippen LogP contribution in [0.4, 0.5) is 0 Å². The zero-order valence-corrected chi connectivity index (χ0v) is 10.7. The fourth-order valence-electron chi connectivity index (χ4n) is 3.30. The van der Waals surface area contributed by atoms with E-state index in [-0.39, 0.29) is 12.1 Å². The lowest BCUT2D eigenvalue weighted by molar-refractivity contribution is -0.160. The van der Waals surface area contributed by atoms with Gasteiger partial charge in [0.1, 0.15) is 6.10 Å². The summed E-state index contributed by atoms with van der Waals surface area (Å²) in [6.45, 7) is 8.66. The number of hydrogen-bond acceptors (Lipinski definition) is 2. The summed E-state index contributed by atoms with van der Waals surface area (Å²) in [5.41, 5.74) is 1.81. The molecule has 0 aromatic rings. The average molecular weight is 222 g/mol. The zero-order valence-electron chi connectivity index (χ0n) is 10.7. The summed E-state index contributed by atoms with van der Waals surface area (Å²) in [5.74, 6) is 1.18. The first-order valence-corrected chi connectivity index (χ1v) is 6.40. The van der Waals surface area contributed by atoms with Crippen molar-refractivity contribution in [1.29, 1.82) is 0 Å². The van der Waals surface area contributed by atoms with Gasteiger partial charge >= 0.3 is 5.97 Å². The Kier molecular flexibility index (Phi) is 2.85. The van der Waals surface area contributed by atoms with Crippen molar-refractivity contribution in [2.75, 3.05) is 0 Å². The van der Waals surface area contributed by atoms with E-state index in [1.165, 1.54) is 12.0 Å². The van der Waals surface area contributed by atoms with Gasteiger partial charge in [-0.1, -0.05) is 33.3 Å². The molecule has 0 saturated heterocycles. The molecular formula is C14H22O2. The average Bonchev–Trinajstić information content (AvgIpc) is 2.27. The molecule has 0 radical (unpaired) electrons. The smallest absolute Gasteiger partial charge is 0.306 e. The molecule has 3 unspecified atom stereocenters. The van der Waals surface area contributed by atoms with Gasteiger partial charge in [0.2, 0.25) is 0 Å². The maximum Gasteiger partial charge on any atom is 0.306 e. The van der Waals surface area contributed by atoms with E-state index in [2.05, 4.69) is 26.8 Å². The minimum atomic E-state index is -0.0714. The molecule has 3 aliphatic carbocycles. The first kappa shape index (κ1) is 11.7. The van der Waals surface area contributed by atoms with Gasteiger partial charge in [-0.25, -0.2) is 0 Å². The van der Waals surface area contributed by atoms with Crippen molar-refractivity contribution in [3.63, 3.8) is 0 Å². The van der Waals surface area contributed by atoms with Gasteiger partial charge < -0.3 is 4.74 Å². The van der Waals surface area contributed by atoms with Crippen molar-refractivity contribution in [2.24, 2.45) is 17.3 Å². The van der Waals surface area contributed by atoms with Crippen molar-refractivity contribution < 1.29 is 9.53 Å². The molecule has 0 aliphatic heterocycles. The molecule has 1 fully saturated rings. The lowest BCUT2D eigenvalue weighted by Gasteiger charge is -2.58. The van der Waals surface area contributed by atoms with Crippen LogP contribution in [0.2, 0.25) is 0 Å². The molecule has 1 saturated carbocycles. The number of hydrogen-bond donors (Lipinski definition) is 0. The highest BCUT2D eigenvalue weighted by atomic mass is 16.5. The van der Waals surface area contributed by atoms with E-state index in [0.717, 1.165) is 12.3 Å². The first-order valence-electron chi connectivity index (χ1n) is 6.40. The predicted molar refractivity (Wildman–Crippen MR) is 63.9 cm³/mol. The molecule has 0 aromatic carbocycles. The summed E-state index contributed by atoms with van der Waals surface area (Å²) in [6, 6.07) is 0. The van der Waals surface area contributed by atoms with Crippen LogP contribution < -0.4 is 0 Å². The van der Waals surface area contributed by atoms with Crippen LogP contribution in [0.5, 0.6) is 0 Å². The van der Waals surface area contributed by atoms with Gasteiger partial charge in [0.15, 0.2) is 0 Å². The summed E-state index contributed by atoms with van der Waals surface area (Å²) >= 11 is 0. The van der Waals surface area contributed by atoms with Crippen LogP contribution in [0, 0.1) is 17.3 Å². The summed E-state index contributed by atoms with van der Waals surface area (Å²) in [4.78, 5) is 11.4. The normalized spacial score (nSPS) is 35.0. The minimum Gasteiger partial charge on any atom is -0.458 e. The van der Waals surface area contributed by atoms with Crippen LogP contribution in [0.15, 0.2) is 11.6 Å². The third kappa shape index (κ3) is 1.59. The Bertz CT molecular complexity index is 328. The quantitative estimate of drug-likeness (QED) is 0.541. The molecule has 0 aromatic heterocycles. The molecule has 90 valence electrons. The van der Waals surface area contributed by atoms with Crippen molar-refractivity contribution in [3.05, 3.63) is 11.6 Å². The molecule has 0 amide bonds. The Hall–Kier alpha value is -0.790. The van der Waals surface area contributed by atoms with E-state index < -0.39 is 0 Å². The third-order valence-electron chi connectivity index (χ3n) is 4.53. The molecule has 2 bridgehead atoms. The maximum absolute atomic E-state index is 11.4. The third-order valence-corrected chi connectivity index (χ3v) is 4.53. The van der Waals surface area contributed by atoms with E-state index in [4.69, 9.17) is 4.74 Å². The predicted octanol–water partition coefficient (Wildman–Crippen LogP) is 3.32. The molecule has 0 heterocycles. The fourth-order valence-corrected chi connectivity index (χ4v) is 3.30. The minimum absolute atomic E-state index is 0.0300. The largest absolute Gasteiger partial charge is 0.458 e. The highest BCUT2D eigenvalue weighted by molar-refractivity contribution is 5.69. The van der Waals surface area contributed by atoms with Gasteiger partial charge in [-0.05, 0) is 30.3 Å². The second-order valence-electron chi connectivity index (χ2n) is 5.62. The highest BCUT2D eigenvalue weighted by Crippen LogP contribution is 2.60. The molecule has 3 rings (SSSR count). The summed E-state index contributed by atoms with van der Waals surface area (Å²) in [6.07, 6.45) is 5.00. The molecule has 3 atom stereocenters. The van der Waals surface area contributed by atoms with Gasteiger partial charge in [-0.2, -0.15) is 0 Å². The number of allylic oxidation sites excluding steroid dienone is 1. The lowest BCUT2D eigenvalue weighted by atomic mass is 9.47. The number of fused-ring (bicyclic) bond motifs is 1. The molecule has 0 spiro atoms. The molecule has 16 heavy (non-hydrogen) atoms. The highest BCUT2D eigenvalue weighted by Gasteiger charge is 2.55. The second-order valence-corrected chi connectivity index (χ2v) is 5.62. The standard InChI is InChI=1S/C14H22O2/c1-5-9-7-12(16-13(15)6-2)11-8-10(9)14(11,3)4/h7,10-12H,5-6,8H2,1-4H3. The number of rotatable bonds is 3. The van der Waals surface area contributed by atoms with Crippen molar-refractivity contribution in [1.82, 2.24) is 0 Å². The molecule has 2 heteroatoms. The Morgan fingerprint density at radius 2 is 2.19 bits per heavy atom. The van der Waals surface area contributed by atoms with Gasteiger partial charge in [-0.3, -0.25) is 4.79 Å². The Balaban J connectivity index is 2.17. The van der Waals surface area contributed by atoms with Crippen molar-refractivity contribution >= 4 is 5.97 Å². The second kappa shape index (κ2) is 3.90. The van der Waals surface area contributed by atoms with Gasteiger partial charge in [0.05, 0.1) is 0 Å². The maximum atomic E-state index is 11.4. The Labute approximate surface area is 98.1 Å². The van der Waals surface area contributed by atoms with Crippen molar-refractivity contribution in [2.45, 2.75) is 53.1 Å². The number of carbonyl (C=O) groups is 1. The zero-order chi connectivity index (χ0) is 11.9. The van der Waals surface area contributed by atoms with Gasteiger partial charge in [-0.15, -0.1) is 0 Å². The molecular weight excluding hydrogens is 200 g/mol.